The number of hydrogen-bond donors (Lipinski definition) is 2. The Labute approximate surface area is 204 Å². The standard InChI is InChI=1S/C27H29N5O3/c1-2-18-13-19(15-20(14-18)17-33)16-32-9-4-22(5-10-32)29-27(34)23-3-8-28-26-24(23)30-25(31-26)21-6-11-35-12-7-21/h1,3,8,13-15,17,21-22H,4-7,9-12,16H2,(H,29,34)(H,28,30,31). The molecule has 35 heavy (non-hydrogen) atoms. The van der Waals surface area contributed by atoms with Gasteiger partial charge in [0.2, 0.25) is 0 Å². The molecule has 180 valence electrons. The van der Waals surface area contributed by atoms with Crippen molar-refractivity contribution in [3.8, 4) is 12.3 Å². The third kappa shape index (κ3) is 5.26. The minimum absolute atomic E-state index is 0.0995. The molecule has 0 bridgehead atoms. The Balaban J connectivity index is 1.20. The third-order valence-corrected chi connectivity index (χ3v) is 6.91. The predicted octanol–water partition coefficient (Wildman–Crippen LogP) is 3.04. The Bertz CT molecular complexity index is 1260. The van der Waals surface area contributed by atoms with E-state index < -0.39 is 0 Å². The molecule has 1 aromatic carbocycles. The number of nitrogens with one attached hydrogen (secondary N) is 2. The number of hydrogen-bond acceptors (Lipinski definition) is 6. The molecule has 2 aliphatic heterocycles. The summed E-state index contributed by atoms with van der Waals surface area (Å²) in [4.78, 5) is 39.1. The molecule has 0 saturated carbocycles. The van der Waals surface area contributed by atoms with E-state index in [-0.39, 0.29) is 11.9 Å². The van der Waals surface area contributed by atoms with Crippen LogP contribution in [-0.2, 0) is 11.3 Å². The summed E-state index contributed by atoms with van der Waals surface area (Å²) in [5.74, 6) is 3.71. The Kier molecular flexibility index (Phi) is 6.89. The van der Waals surface area contributed by atoms with Crippen molar-refractivity contribution in [2.75, 3.05) is 26.3 Å². The number of H-pyrrole nitrogens is 1. The molecule has 2 fully saturated rings. The van der Waals surface area contributed by atoms with Crippen molar-refractivity contribution in [1.82, 2.24) is 25.2 Å². The normalized spacial score (nSPS) is 17.8. The number of carbonyl (C=O) groups is 2. The second kappa shape index (κ2) is 10.4. The number of imidazole rings is 1. The molecule has 0 atom stereocenters. The van der Waals surface area contributed by atoms with Gasteiger partial charge >= 0.3 is 0 Å². The van der Waals surface area contributed by atoms with Crippen LogP contribution in [0.2, 0.25) is 0 Å². The number of aromatic amines is 1. The van der Waals surface area contributed by atoms with E-state index in [1.165, 1.54) is 0 Å². The molecule has 4 heterocycles. The highest BCUT2D eigenvalue weighted by Gasteiger charge is 2.24. The van der Waals surface area contributed by atoms with Crippen LogP contribution in [0.3, 0.4) is 0 Å². The average molecular weight is 472 g/mol. The van der Waals surface area contributed by atoms with Gasteiger partial charge in [-0.25, -0.2) is 9.97 Å². The van der Waals surface area contributed by atoms with Crippen LogP contribution in [0.1, 0.15) is 69.3 Å². The number of terminal acetylenes is 1. The van der Waals surface area contributed by atoms with Gasteiger partial charge in [0.15, 0.2) is 5.65 Å². The van der Waals surface area contributed by atoms with Crippen LogP contribution in [0.25, 0.3) is 11.2 Å². The summed E-state index contributed by atoms with van der Waals surface area (Å²) in [6.45, 7) is 3.89. The number of nitrogens with zero attached hydrogens (tertiary/aromatic N) is 3. The SMILES string of the molecule is C#Cc1cc(C=O)cc(CN2CCC(NC(=O)c3ccnc4nc(C5CCOCC5)[nH]c34)CC2)c1. The van der Waals surface area contributed by atoms with Crippen LogP contribution in [0.15, 0.2) is 30.5 Å². The molecule has 2 aliphatic rings. The smallest absolute Gasteiger partial charge is 0.253 e. The predicted molar refractivity (Wildman–Crippen MR) is 132 cm³/mol. The third-order valence-electron chi connectivity index (χ3n) is 6.91. The van der Waals surface area contributed by atoms with E-state index in [9.17, 15) is 9.59 Å². The molecule has 2 aromatic heterocycles. The minimum atomic E-state index is -0.102. The van der Waals surface area contributed by atoms with Crippen LogP contribution < -0.4 is 5.32 Å². The Morgan fingerprint density at radius 1 is 1.23 bits per heavy atom. The van der Waals surface area contributed by atoms with Gasteiger partial charge in [0.05, 0.1) is 11.1 Å². The molecule has 8 nitrogen and oxygen atoms in total. The largest absolute Gasteiger partial charge is 0.381 e. The molecule has 2 saturated heterocycles. The van der Waals surface area contributed by atoms with Gasteiger partial charge < -0.3 is 15.0 Å². The van der Waals surface area contributed by atoms with Crippen molar-refractivity contribution >= 4 is 23.4 Å². The van der Waals surface area contributed by atoms with E-state index in [0.717, 1.165) is 76.2 Å². The number of rotatable bonds is 6. The van der Waals surface area contributed by atoms with E-state index in [1.54, 1.807) is 18.3 Å². The topological polar surface area (TPSA) is 100 Å². The number of amides is 1. The number of aromatic nitrogens is 3. The summed E-state index contributed by atoms with van der Waals surface area (Å²) in [7, 11) is 0. The van der Waals surface area contributed by atoms with Crippen LogP contribution in [0, 0.1) is 12.3 Å². The molecule has 3 aromatic rings. The minimum Gasteiger partial charge on any atom is -0.381 e. The van der Waals surface area contributed by atoms with Crippen molar-refractivity contribution in [1.29, 1.82) is 0 Å². The molecule has 5 rings (SSSR count). The van der Waals surface area contributed by atoms with Crippen molar-refractivity contribution in [3.63, 3.8) is 0 Å². The first-order chi connectivity index (χ1) is 17.1. The lowest BCUT2D eigenvalue weighted by molar-refractivity contribution is 0.0838. The highest BCUT2D eigenvalue weighted by molar-refractivity contribution is 6.04. The maximum absolute atomic E-state index is 13.2. The van der Waals surface area contributed by atoms with Crippen molar-refractivity contribution < 1.29 is 14.3 Å². The molecular weight excluding hydrogens is 442 g/mol. The van der Waals surface area contributed by atoms with Gasteiger partial charge in [-0.1, -0.05) is 5.92 Å². The number of piperidine rings is 1. The summed E-state index contributed by atoms with van der Waals surface area (Å²) in [5, 5.41) is 3.20. The van der Waals surface area contributed by atoms with E-state index in [1.807, 2.05) is 12.1 Å². The fraction of sp³-hybridized carbons (Fsp3) is 0.407. The Hall–Kier alpha value is -3.54. The maximum atomic E-state index is 13.2. The van der Waals surface area contributed by atoms with Gasteiger partial charge in [0.25, 0.3) is 5.91 Å². The van der Waals surface area contributed by atoms with Gasteiger partial charge in [0.1, 0.15) is 12.1 Å². The molecule has 0 spiro atoms. The molecule has 0 unspecified atom stereocenters. The van der Waals surface area contributed by atoms with Crippen LogP contribution in [0.4, 0.5) is 0 Å². The van der Waals surface area contributed by atoms with E-state index in [2.05, 4.69) is 31.1 Å². The maximum Gasteiger partial charge on any atom is 0.253 e. The van der Waals surface area contributed by atoms with Crippen molar-refractivity contribution in [2.45, 2.75) is 44.2 Å². The monoisotopic (exact) mass is 471 g/mol. The first-order valence-electron chi connectivity index (χ1n) is 12.1. The van der Waals surface area contributed by atoms with Crippen LogP contribution in [0.5, 0.6) is 0 Å². The lowest BCUT2D eigenvalue weighted by atomic mass is 10.00. The number of carbonyl (C=O) groups excluding carboxylic acids is 2. The summed E-state index contributed by atoms with van der Waals surface area (Å²) in [6, 6.07) is 7.41. The van der Waals surface area contributed by atoms with Gasteiger partial charge in [-0.2, -0.15) is 0 Å². The molecule has 0 radical (unpaired) electrons. The highest BCUT2D eigenvalue weighted by Crippen LogP contribution is 2.27. The first-order valence-corrected chi connectivity index (χ1v) is 12.1. The van der Waals surface area contributed by atoms with Crippen LogP contribution >= 0.6 is 0 Å². The number of aldehydes is 1. The molecule has 8 heteroatoms. The number of ether oxygens (including phenoxy) is 1. The number of fused-ring (bicyclic) bond motifs is 1. The van der Waals surface area contributed by atoms with Crippen molar-refractivity contribution in [2.24, 2.45) is 0 Å². The summed E-state index contributed by atoms with van der Waals surface area (Å²) < 4.78 is 5.46. The second-order valence-corrected chi connectivity index (χ2v) is 9.32. The zero-order chi connectivity index (χ0) is 24.2. The van der Waals surface area contributed by atoms with Crippen molar-refractivity contribution in [3.05, 3.63) is 58.5 Å². The van der Waals surface area contributed by atoms with E-state index >= 15 is 0 Å². The van der Waals surface area contributed by atoms with Gasteiger partial charge in [-0.3, -0.25) is 14.5 Å². The fourth-order valence-corrected chi connectivity index (χ4v) is 5.00. The Morgan fingerprint density at radius 3 is 2.77 bits per heavy atom. The van der Waals surface area contributed by atoms with Gasteiger partial charge in [-0.15, -0.1) is 6.42 Å². The number of likely N-dealkylation sites (tertiary alicyclic amines) is 1. The van der Waals surface area contributed by atoms with Crippen LogP contribution in [-0.4, -0.2) is 64.4 Å². The second-order valence-electron chi connectivity index (χ2n) is 9.32. The number of pyridine rings is 1. The zero-order valence-corrected chi connectivity index (χ0v) is 19.6. The lowest BCUT2D eigenvalue weighted by Gasteiger charge is -2.32. The Morgan fingerprint density at radius 2 is 2.03 bits per heavy atom. The molecular formula is C27H29N5O3. The highest BCUT2D eigenvalue weighted by atomic mass is 16.5. The van der Waals surface area contributed by atoms with E-state index in [4.69, 9.17) is 11.2 Å². The van der Waals surface area contributed by atoms with Gasteiger partial charge in [0, 0.05) is 62.1 Å². The van der Waals surface area contributed by atoms with Gasteiger partial charge in [-0.05, 0) is 55.5 Å². The average Bonchev–Trinajstić information content (AvgIpc) is 3.34. The quantitative estimate of drug-likeness (QED) is 0.423. The summed E-state index contributed by atoms with van der Waals surface area (Å²) in [6.07, 6.45) is 11.5. The first kappa shape index (κ1) is 23.2. The zero-order valence-electron chi connectivity index (χ0n) is 19.6. The molecule has 2 N–H and O–H groups in total. The summed E-state index contributed by atoms with van der Waals surface area (Å²) in [5.41, 5.74) is 4.20. The number of benzene rings is 1. The fourth-order valence-electron chi connectivity index (χ4n) is 5.00. The summed E-state index contributed by atoms with van der Waals surface area (Å²) >= 11 is 0. The molecule has 1 amide bonds. The van der Waals surface area contributed by atoms with E-state index in [0.29, 0.717) is 33.8 Å². The lowest BCUT2D eigenvalue weighted by Crippen LogP contribution is -2.44. The molecule has 0 aliphatic carbocycles.